The lowest BCUT2D eigenvalue weighted by Crippen LogP contribution is -2.52. The third-order valence-electron chi connectivity index (χ3n) is 4.62. The van der Waals surface area contributed by atoms with Crippen molar-refractivity contribution in [1.29, 1.82) is 0 Å². The molecule has 5 nitrogen and oxygen atoms in total. The van der Waals surface area contributed by atoms with Crippen LogP contribution in [0.2, 0.25) is 0 Å². The van der Waals surface area contributed by atoms with E-state index in [-0.39, 0.29) is 18.2 Å². The average Bonchev–Trinajstić information content (AvgIpc) is 3.11. The second-order valence-electron chi connectivity index (χ2n) is 6.78. The number of likely N-dealkylation sites (tertiary alicyclic amines) is 1. The maximum atomic E-state index is 12.6. The van der Waals surface area contributed by atoms with Crippen molar-refractivity contribution in [2.75, 3.05) is 39.3 Å². The van der Waals surface area contributed by atoms with Crippen LogP contribution in [-0.2, 0) is 4.74 Å². The molecule has 3 heterocycles. The van der Waals surface area contributed by atoms with E-state index in [1.807, 2.05) is 11.0 Å². The van der Waals surface area contributed by atoms with Gasteiger partial charge in [-0.15, -0.1) is 11.3 Å². The maximum absolute atomic E-state index is 12.6. The number of carbonyl (C=O) groups excluding carboxylic acids is 1. The minimum Gasteiger partial charge on any atom is -0.369 e. The van der Waals surface area contributed by atoms with E-state index in [9.17, 15) is 4.79 Å². The molecule has 24 heavy (non-hydrogen) atoms. The van der Waals surface area contributed by atoms with E-state index in [1.165, 1.54) is 10.5 Å². The summed E-state index contributed by atoms with van der Waals surface area (Å²) in [4.78, 5) is 18.1. The van der Waals surface area contributed by atoms with Crippen molar-refractivity contribution >= 4 is 17.4 Å². The summed E-state index contributed by atoms with van der Waals surface area (Å²) >= 11 is 1.69. The van der Waals surface area contributed by atoms with Crippen molar-refractivity contribution in [1.82, 2.24) is 15.1 Å². The van der Waals surface area contributed by atoms with Gasteiger partial charge in [-0.3, -0.25) is 4.90 Å². The van der Waals surface area contributed by atoms with Crippen LogP contribution >= 0.6 is 11.3 Å². The summed E-state index contributed by atoms with van der Waals surface area (Å²) in [5.74, 6) is 0. The normalized spacial score (nSPS) is 23.2. The molecule has 3 rings (SSSR count). The Hall–Kier alpha value is -1.37. The van der Waals surface area contributed by atoms with Crippen LogP contribution < -0.4 is 5.32 Å². The molecule has 2 amide bonds. The second-order valence-corrected chi connectivity index (χ2v) is 7.76. The van der Waals surface area contributed by atoms with Gasteiger partial charge in [0.25, 0.3) is 0 Å². The number of rotatable bonds is 4. The first-order chi connectivity index (χ1) is 11.6. The molecule has 2 fully saturated rings. The van der Waals surface area contributed by atoms with Gasteiger partial charge in [0.2, 0.25) is 0 Å². The van der Waals surface area contributed by atoms with E-state index in [0.717, 1.165) is 32.5 Å². The smallest absolute Gasteiger partial charge is 0.317 e. The molecule has 0 aromatic carbocycles. The predicted octanol–water partition coefficient (Wildman–Crippen LogP) is 2.87. The van der Waals surface area contributed by atoms with Crippen LogP contribution in [0.4, 0.5) is 4.79 Å². The largest absolute Gasteiger partial charge is 0.369 e. The van der Waals surface area contributed by atoms with E-state index in [0.29, 0.717) is 19.7 Å². The molecule has 132 valence electrons. The van der Waals surface area contributed by atoms with Gasteiger partial charge in [0.15, 0.2) is 0 Å². The summed E-state index contributed by atoms with van der Waals surface area (Å²) in [6.45, 7) is 11.0. The molecule has 2 aliphatic rings. The van der Waals surface area contributed by atoms with Gasteiger partial charge in [0, 0.05) is 37.1 Å². The van der Waals surface area contributed by atoms with Gasteiger partial charge in [-0.25, -0.2) is 4.79 Å². The number of hydrogen-bond acceptors (Lipinski definition) is 4. The quantitative estimate of drug-likeness (QED) is 0.850. The molecular formula is C18H27N3O2S. The number of ether oxygens (including phenoxy) is 1. The van der Waals surface area contributed by atoms with Crippen molar-refractivity contribution in [3.05, 3.63) is 34.5 Å². The summed E-state index contributed by atoms with van der Waals surface area (Å²) in [5.41, 5.74) is 1.20. The van der Waals surface area contributed by atoms with Crippen LogP contribution in [0.25, 0.3) is 0 Å². The fraction of sp³-hybridized carbons (Fsp3) is 0.611. The van der Waals surface area contributed by atoms with E-state index in [2.05, 4.69) is 35.2 Å². The van der Waals surface area contributed by atoms with Crippen LogP contribution in [0, 0.1) is 0 Å². The van der Waals surface area contributed by atoms with Crippen LogP contribution in [0.15, 0.2) is 29.7 Å². The topological polar surface area (TPSA) is 44.8 Å². The number of thiophene rings is 1. The van der Waals surface area contributed by atoms with Crippen LogP contribution in [0.3, 0.4) is 0 Å². The van der Waals surface area contributed by atoms with Gasteiger partial charge in [0.1, 0.15) is 6.10 Å². The average molecular weight is 350 g/mol. The molecular weight excluding hydrogens is 322 g/mol. The zero-order valence-corrected chi connectivity index (χ0v) is 15.2. The lowest BCUT2D eigenvalue weighted by Gasteiger charge is -2.36. The maximum Gasteiger partial charge on any atom is 0.317 e. The lowest BCUT2D eigenvalue weighted by atomic mass is 10.0. The van der Waals surface area contributed by atoms with E-state index < -0.39 is 0 Å². The molecule has 1 atom stereocenters. The molecule has 0 aliphatic carbocycles. The van der Waals surface area contributed by atoms with E-state index in [4.69, 9.17) is 4.74 Å². The molecule has 6 heteroatoms. The van der Waals surface area contributed by atoms with Gasteiger partial charge in [-0.05, 0) is 31.2 Å². The first-order valence-corrected chi connectivity index (χ1v) is 9.57. The SMILES string of the molecule is C=C(C)CN1CCC(NC(=O)N2CCO[C@@H](c3cccs3)C2)CC1. The van der Waals surface area contributed by atoms with Crippen LogP contribution in [0.1, 0.15) is 30.7 Å². The monoisotopic (exact) mass is 349 g/mol. The van der Waals surface area contributed by atoms with Gasteiger partial charge in [-0.2, -0.15) is 0 Å². The highest BCUT2D eigenvalue weighted by atomic mass is 32.1. The number of morpholine rings is 1. The molecule has 2 aliphatic heterocycles. The Kier molecular flexibility index (Phi) is 5.92. The number of amides is 2. The van der Waals surface area contributed by atoms with Crippen molar-refractivity contribution in [3.8, 4) is 0 Å². The zero-order chi connectivity index (χ0) is 16.9. The van der Waals surface area contributed by atoms with E-state index >= 15 is 0 Å². The first-order valence-electron chi connectivity index (χ1n) is 8.69. The fourth-order valence-corrected chi connectivity index (χ4v) is 4.13. The summed E-state index contributed by atoms with van der Waals surface area (Å²) < 4.78 is 5.82. The third kappa shape index (κ3) is 4.59. The molecule has 0 unspecified atom stereocenters. The van der Waals surface area contributed by atoms with Crippen LogP contribution in [0.5, 0.6) is 0 Å². The first kappa shape index (κ1) is 17.5. The Morgan fingerprint density at radius 1 is 1.42 bits per heavy atom. The van der Waals surface area contributed by atoms with Gasteiger partial charge >= 0.3 is 6.03 Å². The summed E-state index contributed by atoms with van der Waals surface area (Å²) in [6, 6.07) is 4.44. The third-order valence-corrected chi connectivity index (χ3v) is 5.59. The summed E-state index contributed by atoms with van der Waals surface area (Å²) in [5, 5.41) is 5.27. The highest BCUT2D eigenvalue weighted by Crippen LogP contribution is 2.26. The highest BCUT2D eigenvalue weighted by molar-refractivity contribution is 7.10. The van der Waals surface area contributed by atoms with Crippen molar-refractivity contribution in [2.24, 2.45) is 0 Å². The number of nitrogens with zero attached hydrogens (tertiary/aromatic N) is 2. The lowest BCUT2D eigenvalue weighted by molar-refractivity contribution is -0.0141. The van der Waals surface area contributed by atoms with Gasteiger partial charge in [-0.1, -0.05) is 18.2 Å². The standard InChI is InChI=1S/C18H27N3O2S/c1-14(2)12-20-7-5-15(6-8-20)19-18(22)21-9-10-23-16(13-21)17-4-3-11-24-17/h3-4,11,15-16H,1,5-10,12-13H2,2H3,(H,19,22)/t16-/m1/s1. The van der Waals surface area contributed by atoms with Crippen molar-refractivity contribution in [2.45, 2.75) is 31.9 Å². The number of piperidine rings is 1. The molecule has 1 aromatic rings. The predicted molar refractivity (Wildman–Crippen MR) is 97.4 cm³/mol. The Balaban J connectivity index is 1.46. The Bertz CT molecular complexity index is 553. The Labute approximate surface area is 148 Å². The number of hydrogen-bond donors (Lipinski definition) is 1. The number of nitrogens with one attached hydrogen (secondary N) is 1. The van der Waals surface area contributed by atoms with Crippen molar-refractivity contribution < 1.29 is 9.53 Å². The molecule has 1 aromatic heterocycles. The molecule has 2 saturated heterocycles. The van der Waals surface area contributed by atoms with Gasteiger partial charge in [0.05, 0.1) is 13.2 Å². The van der Waals surface area contributed by atoms with Gasteiger partial charge < -0.3 is 15.0 Å². The van der Waals surface area contributed by atoms with Crippen LogP contribution in [-0.4, -0.2) is 61.2 Å². The van der Waals surface area contributed by atoms with E-state index in [1.54, 1.807) is 11.3 Å². The second kappa shape index (κ2) is 8.14. The molecule has 0 spiro atoms. The molecule has 0 bridgehead atoms. The zero-order valence-electron chi connectivity index (χ0n) is 14.4. The molecule has 0 saturated carbocycles. The summed E-state index contributed by atoms with van der Waals surface area (Å²) in [6.07, 6.45) is 2.04. The summed E-state index contributed by atoms with van der Waals surface area (Å²) in [7, 11) is 0. The Morgan fingerprint density at radius 3 is 2.88 bits per heavy atom. The fourth-order valence-electron chi connectivity index (χ4n) is 3.36. The number of urea groups is 1. The minimum atomic E-state index is 0.0157. The number of carbonyl (C=O) groups is 1. The molecule has 0 radical (unpaired) electrons. The van der Waals surface area contributed by atoms with Crippen molar-refractivity contribution in [3.63, 3.8) is 0 Å². The highest BCUT2D eigenvalue weighted by Gasteiger charge is 2.28. The minimum absolute atomic E-state index is 0.0157. The Morgan fingerprint density at radius 2 is 2.21 bits per heavy atom. The molecule has 1 N–H and O–H groups in total.